The Morgan fingerprint density at radius 3 is 2.08 bits per heavy atom. The number of carbonyl (C=O) groups excluding carboxylic acids is 1. The van der Waals surface area contributed by atoms with Crippen LogP contribution in [0.4, 0.5) is 5.69 Å². The highest BCUT2D eigenvalue weighted by atomic mass is 32.2. The van der Waals surface area contributed by atoms with Crippen LogP contribution in [0.25, 0.3) is 0 Å². The first-order valence-corrected chi connectivity index (χ1v) is 9.89. The zero-order chi connectivity index (χ0) is 18.6. The third-order valence-electron chi connectivity index (χ3n) is 4.22. The van der Waals surface area contributed by atoms with Crippen LogP contribution < -0.4 is 20.5 Å². The summed E-state index contributed by atoms with van der Waals surface area (Å²) in [6.07, 6.45) is 1.70. The molecule has 0 saturated carbocycles. The molecule has 1 saturated heterocycles. The van der Waals surface area contributed by atoms with Gasteiger partial charge in [0.05, 0.1) is 4.90 Å². The van der Waals surface area contributed by atoms with Gasteiger partial charge >= 0.3 is 0 Å². The number of hydrogen-bond donors (Lipinski definition) is 3. The van der Waals surface area contributed by atoms with Gasteiger partial charge in [-0.1, -0.05) is 0 Å². The summed E-state index contributed by atoms with van der Waals surface area (Å²) in [5.74, 6) is 1.15. The fraction of sp³-hybridized carbons (Fsp3) is 0.278. The number of anilines is 1. The Morgan fingerprint density at radius 2 is 1.54 bits per heavy atom. The van der Waals surface area contributed by atoms with Crippen molar-refractivity contribution in [3.05, 3.63) is 48.5 Å². The lowest BCUT2D eigenvalue weighted by Gasteiger charge is -2.21. The predicted molar refractivity (Wildman–Crippen MR) is 98.6 cm³/mol. The van der Waals surface area contributed by atoms with Gasteiger partial charge in [0.25, 0.3) is 0 Å². The van der Waals surface area contributed by atoms with E-state index in [-0.39, 0.29) is 16.7 Å². The van der Waals surface area contributed by atoms with E-state index in [2.05, 4.69) is 10.6 Å². The van der Waals surface area contributed by atoms with E-state index in [1.54, 1.807) is 24.3 Å². The Morgan fingerprint density at radius 1 is 1.00 bits per heavy atom. The first-order chi connectivity index (χ1) is 12.4. The van der Waals surface area contributed by atoms with Crippen LogP contribution in [0.5, 0.6) is 11.5 Å². The smallest absolute Gasteiger partial charge is 0.238 e. The lowest BCUT2D eigenvalue weighted by atomic mass is 9.97. The van der Waals surface area contributed by atoms with E-state index in [1.165, 1.54) is 24.3 Å². The van der Waals surface area contributed by atoms with Gasteiger partial charge < -0.3 is 15.4 Å². The zero-order valence-electron chi connectivity index (χ0n) is 14.1. The van der Waals surface area contributed by atoms with E-state index in [0.29, 0.717) is 17.2 Å². The molecule has 0 aliphatic carbocycles. The van der Waals surface area contributed by atoms with Crippen LogP contribution in [-0.2, 0) is 14.8 Å². The Bertz CT molecular complexity index is 858. The number of piperidine rings is 1. The van der Waals surface area contributed by atoms with Crippen molar-refractivity contribution in [3.8, 4) is 11.5 Å². The molecule has 1 aliphatic heterocycles. The molecule has 0 atom stereocenters. The lowest BCUT2D eigenvalue weighted by molar-refractivity contribution is -0.120. The van der Waals surface area contributed by atoms with Gasteiger partial charge in [-0.2, -0.15) is 0 Å². The van der Waals surface area contributed by atoms with Gasteiger partial charge in [-0.25, -0.2) is 13.6 Å². The summed E-state index contributed by atoms with van der Waals surface area (Å²) >= 11 is 0. The molecule has 1 heterocycles. The second-order valence-corrected chi connectivity index (χ2v) is 7.72. The fourth-order valence-corrected chi connectivity index (χ4v) is 3.28. The molecule has 0 unspecified atom stereocenters. The van der Waals surface area contributed by atoms with Crippen LogP contribution in [0.3, 0.4) is 0 Å². The average Bonchev–Trinajstić information content (AvgIpc) is 2.64. The summed E-state index contributed by atoms with van der Waals surface area (Å²) in [6.45, 7) is 1.74. The normalized spacial score (nSPS) is 15.4. The molecular weight excluding hydrogens is 354 g/mol. The van der Waals surface area contributed by atoms with E-state index in [4.69, 9.17) is 9.88 Å². The topological polar surface area (TPSA) is 111 Å². The van der Waals surface area contributed by atoms with Gasteiger partial charge in [0, 0.05) is 11.6 Å². The summed E-state index contributed by atoms with van der Waals surface area (Å²) in [5, 5.41) is 11.2. The van der Waals surface area contributed by atoms with Crippen LogP contribution in [0.2, 0.25) is 0 Å². The number of ether oxygens (including phenoxy) is 1. The Hall–Kier alpha value is -2.42. The number of benzene rings is 2. The Labute approximate surface area is 152 Å². The van der Waals surface area contributed by atoms with E-state index in [9.17, 15) is 13.2 Å². The van der Waals surface area contributed by atoms with Crippen molar-refractivity contribution in [3.63, 3.8) is 0 Å². The van der Waals surface area contributed by atoms with Gasteiger partial charge in [0.15, 0.2) is 0 Å². The van der Waals surface area contributed by atoms with Crippen molar-refractivity contribution in [2.24, 2.45) is 11.1 Å². The first-order valence-electron chi connectivity index (χ1n) is 8.34. The first kappa shape index (κ1) is 18.4. The second kappa shape index (κ2) is 7.86. The monoisotopic (exact) mass is 375 g/mol. The average molecular weight is 375 g/mol. The van der Waals surface area contributed by atoms with Crippen LogP contribution in [0.1, 0.15) is 12.8 Å². The maximum Gasteiger partial charge on any atom is 0.238 e. The van der Waals surface area contributed by atoms with E-state index in [1.807, 2.05) is 0 Å². The third-order valence-corrected chi connectivity index (χ3v) is 5.15. The molecule has 138 valence electrons. The van der Waals surface area contributed by atoms with Crippen molar-refractivity contribution in [1.29, 1.82) is 0 Å². The Balaban J connectivity index is 1.59. The molecule has 1 aliphatic rings. The highest BCUT2D eigenvalue weighted by molar-refractivity contribution is 7.89. The number of hydrogen-bond acceptors (Lipinski definition) is 5. The van der Waals surface area contributed by atoms with Crippen LogP contribution in [0.15, 0.2) is 53.4 Å². The largest absolute Gasteiger partial charge is 0.457 e. The summed E-state index contributed by atoms with van der Waals surface area (Å²) < 4.78 is 28.1. The molecule has 2 aromatic rings. The van der Waals surface area contributed by atoms with Gasteiger partial charge in [0.2, 0.25) is 15.9 Å². The quantitative estimate of drug-likeness (QED) is 0.741. The molecule has 3 rings (SSSR count). The molecule has 26 heavy (non-hydrogen) atoms. The summed E-state index contributed by atoms with van der Waals surface area (Å²) in [5.41, 5.74) is 0.713. The molecular formula is C18H21N3O4S. The van der Waals surface area contributed by atoms with Gasteiger partial charge in [-0.15, -0.1) is 0 Å². The van der Waals surface area contributed by atoms with Gasteiger partial charge in [0.1, 0.15) is 11.5 Å². The van der Waals surface area contributed by atoms with E-state index < -0.39 is 10.0 Å². The molecule has 0 bridgehead atoms. The molecule has 8 heteroatoms. The molecule has 7 nitrogen and oxygen atoms in total. The number of sulfonamides is 1. The number of amides is 1. The van der Waals surface area contributed by atoms with Crippen molar-refractivity contribution in [2.75, 3.05) is 18.4 Å². The second-order valence-electron chi connectivity index (χ2n) is 6.16. The highest BCUT2D eigenvalue weighted by Crippen LogP contribution is 2.24. The van der Waals surface area contributed by atoms with Crippen molar-refractivity contribution in [1.82, 2.24) is 5.32 Å². The summed E-state index contributed by atoms with van der Waals surface area (Å²) in [7, 11) is -3.72. The molecule has 0 spiro atoms. The number of nitrogens with two attached hydrogens (primary N) is 1. The predicted octanol–water partition coefficient (Wildman–Crippen LogP) is 2.06. The highest BCUT2D eigenvalue weighted by Gasteiger charge is 2.20. The summed E-state index contributed by atoms with van der Waals surface area (Å²) in [6, 6.07) is 12.9. The van der Waals surface area contributed by atoms with Gasteiger partial charge in [-0.3, -0.25) is 4.79 Å². The van der Waals surface area contributed by atoms with Crippen LogP contribution in [-0.4, -0.2) is 27.4 Å². The van der Waals surface area contributed by atoms with Crippen molar-refractivity contribution < 1.29 is 17.9 Å². The number of primary sulfonamides is 1. The van der Waals surface area contributed by atoms with Crippen LogP contribution >= 0.6 is 0 Å². The molecule has 0 aromatic heterocycles. The third kappa shape index (κ3) is 4.81. The Kier molecular flexibility index (Phi) is 5.55. The molecule has 2 aromatic carbocycles. The summed E-state index contributed by atoms with van der Waals surface area (Å²) in [4.78, 5) is 12.3. The molecule has 4 N–H and O–H groups in total. The minimum absolute atomic E-state index is 0.0285. The van der Waals surface area contributed by atoms with Crippen LogP contribution in [0, 0.1) is 5.92 Å². The molecule has 0 radical (unpaired) electrons. The maximum absolute atomic E-state index is 12.2. The van der Waals surface area contributed by atoms with Gasteiger partial charge in [-0.05, 0) is 74.5 Å². The van der Waals surface area contributed by atoms with E-state index in [0.717, 1.165) is 25.9 Å². The zero-order valence-corrected chi connectivity index (χ0v) is 15.0. The van der Waals surface area contributed by atoms with Crippen molar-refractivity contribution >= 4 is 21.6 Å². The SMILES string of the molecule is NS(=O)(=O)c1ccc(Oc2ccc(NC(=O)C3CCNCC3)cc2)cc1. The standard InChI is InChI=1S/C18H21N3O4S/c19-26(23,24)17-7-5-16(6-8-17)25-15-3-1-14(2-4-15)21-18(22)13-9-11-20-12-10-13/h1-8,13,20H,9-12H2,(H,21,22)(H2,19,23,24). The minimum Gasteiger partial charge on any atom is -0.457 e. The molecule has 1 amide bonds. The van der Waals surface area contributed by atoms with Crippen molar-refractivity contribution in [2.45, 2.75) is 17.7 Å². The fourth-order valence-electron chi connectivity index (χ4n) is 2.77. The number of carbonyl (C=O) groups is 1. The lowest BCUT2D eigenvalue weighted by Crippen LogP contribution is -2.34. The number of nitrogens with one attached hydrogen (secondary N) is 2. The minimum atomic E-state index is -3.72. The molecule has 1 fully saturated rings. The number of rotatable bonds is 5. The van der Waals surface area contributed by atoms with E-state index >= 15 is 0 Å². The maximum atomic E-state index is 12.2.